The summed E-state index contributed by atoms with van der Waals surface area (Å²) in [4.78, 5) is 21.1. The van der Waals surface area contributed by atoms with Crippen LogP contribution in [-0.4, -0.2) is 25.0 Å². The third-order valence-corrected chi connectivity index (χ3v) is 7.90. The van der Waals surface area contributed by atoms with Gasteiger partial charge in [-0.3, -0.25) is 4.79 Å². The quantitative estimate of drug-likeness (QED) is 0.299. The average molecular weight is 487 g/mol. The Morgan fingerprint density at radius 2 is 1.53 bits per heavy atom. The molecule has 0 atom stereocenters. The van der Waals surface area contributed by atoms with Crippen LogP contribution < -0.4 is 14.8 Å². The van der Waals surface area contributed by atoms with E-state index in [4.69, 9.17) is 14.5 Å². The number of allylic oxidation sites excluding steroid dienone is 1. The summed E-state index contributed by atoms with van der Waals surface area (Å²) in [5.41, 5.74) is 4.26. The Kier molecular flexibility index (Phi) is 6.13. The van der Waals surface area contributed by atoms with Gasteiger partial charge in [0, 0.05) is 16.0 Å². The molecule has 4 aromatic rings. The molecular formula is C27H22N2O3S2. The molecule has 2 heterocycles. The van der Waals surface area contributed by atoms with Crippen molar-refractivity contribution in [2.45, 2.75) is 11.8 Å². The van der Waals surface area contributed by atoms with Crippen molar-refractivity contribution in [3.8, 4) is 22.1 Å². The van der Waals surface area contributed by atoms with E-state index in [-0.39, 0.29) is 5.78 Å². The molecule has 0 radical (unpaired) electrons. The van der Waals surface area contributed by atoms with Gasteiger partial charge in [-0.1, -0.05) is 23.9 Å². The van der Waals surface area contributed by atoms with Gasteiger partial charge >= 0.3 is 0 Å². The summed E-state index contributed by atoms with van der Waals surface area (Å²) in [5, 5.41) is 4.42. The minimum atomic E-state index is -0.0385. The highest BCUT2D eigenvalue weighted by atomic mass is 32.2. The molecule has 0 unspecified atom stereocenters. The summed E-state index contributed by atoms with van der Waals surface area (Å²) in [7, 11) is 3.26. The Hall–Kier alpha value is -3.55. The molecule has 3 aromatic carbocycles. The number of hydrogen-bond donors (Lipinski definition) is 1. The number of para-hydroxylation sites is 1. The summed E-state index contributed by atoms with van der Waals surface area (Å²) in [6.45, 7) is 1.98. The largest absolute Gasteiger partial charge is 0.497 e. The van der Waals surface area contributed by atoms with E-state index in [1.54, 1.807) is 37.7 Å². The second kappa shape index (κ2) is 9.37. The molecule has 0 spiro atoms. The first-order valence-electron chi connectivity index (χ1n) is 10.7. The zero-order valence-electron chi connectivity index (χ0n) is 18.9. The average Bonchev–Trinajstić information content (AvgIpc) is 3.28. The van der Waals surface area contributed by atoms with E-state index in [1.807, 2.05) is 67.6 Å². The maximum absolute atomic E-state index is 13.7. The number of ketones is 1. The molecule has 0 saturated carbocycles. The van der Waals surface area contributed by atoms with E-state index in [9.17, 15) is 4.79 Å². The van der Waals surface area contributed by atoms with Crippen molar-refractivity contribution < 1.29 is 14.3 Å². The highest BCUT2D eigenvalue weighted by Gasteiger charge is 2.28. The first-order chi connectivity index (χ1) is 16.6. The summed E-state index contributed by atoms with van der Waals surface area (Å²) >= 11 is 3.06. The van der Waals surface area contributed by atoms with E-state index in [1.165, 1.54) is 11.8 Å². The van der Waals surface area contributed by atoms with Crippen molar-refractivity contribution in [2.75, 3.05) is 19.5 Å². The lowest BCUT2D eigenvalue weighted by Gasteiger charge is -2.23. The standard InChI is InChI=1S/C27H22N2O3S2/c1-16-25(34-27(28-16)18-10-14-20(32-3)15-11-18)23-26(33-22-7-5-4-6-21(22)29-23)24(30)17-8-12-19(31-2)13-9-17/h4-15,29H,1-3H3. The maximum atomic E-state index is 13.7. The second-order valence-electron chi connectivity index (χ2n) is 7.65. The van der Waals surface area contributed by atoms with Crippen molar-refractivity contribution in [3.63, 3.8) is 0 Å². The third kappa shape index (κ3) is 4.20. The van der Waals surface area contributed by atoms with Crippen LogP contribution in [0.2, 0.25) is 0 Å². The van der Waals surface area contributed by atoms with Crippen LogP contribution in [-0.2, 0) is 0 Å². The molecule has 170 valence electrons. The van der Waals surface area contributed by atoms with Gasteiger partial charge in [-0.2, -0.15) is 0 Å². The highest BCUT2D eigenvalue weighted by molar-refractivity contribution is 8.04. The Bertz CT molecular complexity index is 1390. The van der Waals surface area contributed by atoms with Crippen molar-refractivity contribution in [3.05, 3.63) is 93.8 Å². The smallest absolute Gasteiger partial charge is 0.201 e. The fourth-order valence-electron chi connectivity index (χ4n) is 3.69. The Morgan fingerprint density at radius 3 is 2.21 bits per heavy atom. The van der Waals surface area contributed by atoms with Gasteiger partial charge in [0.1, 0.15) is 16.5 Å². The van der Waals surface area contributed by atoms with Crippen LogP contribution in [0.4, 0.5) is 5.69 Å². The van der Waals surface area contributed by atoms with Crippen LogP contribution in [0, 0.1) is 6.92 Å². The number of carbonyl (C=O) groups excluding carboxylic acids is 1. The predicted molar refractivity (Wildman–Crippen MR) is 139 cm³/mol. The molecule has 5 nitrogen and oxygen atoms in total. The number of aromatic nitrogens is 1. The molecule has 34 heavy (non-hydrogen) atoms. The van der Waals surface area contributed by atoms with Gasteiger partial charge < -0.3 is 14.8 Å². The Balaban J connectivity index is 1.60. The normalized spacial score (nSPS) is 12.7. The zero-order chi connectivity index (χ0) is 23.7. The SMILES string of the molecule is COc1ccc(C(=O)C2=C(c3sc(-c4ccc(OC)cc4)nc3C)Nc3ccccc3S2)cc1. The van der Waals surface area contributed by atoms with Gasteiger partial charge in [-0.15, -0.1) is 11.3 Å². The van der Waals surface area contributed by atoms with Crippen LogP contribution in [0.1, 0.15) is 20.9 Å². The van der Waals surface area contributed by atoms with E-state index in [2.05, 4.69) is 5.32 Å². The van der Waals surface area contributed by atoms with Crippen LogP contribution in [0.3, 0.4) is 0 Å². The molecule has 0 fully saturated rings. The monoisotopic (exact) mass is 486 g/mol. The number of aryl methyl sites for hydroxylation is 1. The minimum absolute atomic E-state index is 0.0385. The fraction of sp³-hybridized carbons (Fsp3) is 0.111. The van der Waals surface area contributed by atoms with Gasteiger partial charge in [0.25, 0.3) is 0 Å². The number of thioether (sulfide) groups is 1. The summed E-state index contributed by atoms with van der Waals surface area (Å²) < 4.78 is 10.5. The zero-order valence-corrected chi connectivity index (χ0v) is 20.5. The predicted octanol–water partition coefficient (Wildman–Crippen LogP) is 6.91. The fourth-order valence-corrected chi connectivity index (χ4v) is 5.89. The van der Waals surface area contributed by atoms with Gasteiger partial charge in [0.15, 0.2) is 0 Å². The van der Waals surface area contributed by atoms with Gasteiger partial charge in [-0.25, -0.2) is 4.98 Å². The molecule has 0 bridgehead atoms. The maximum Gasteiger partial charge on any atom is 0.201 e. The van der Waals surface area contributed by atoms with E-state index in [0.29, 0.717) is 16.2 Å². The van der Waals surface area contributed by atoms with E-state index >= 15 is 0 Å². The molecule has 1 aromatic heterocycles. The second-order valence-corrected chi connectivity index (χ2v) is 9.70. The van der Waals surface area contributed by atoms with Gasteiger partial charge in [-0.05, 0) is 67.6 Å². The molecule has 1 aliphatic heterocycles. The molecule has 0 aliphatic carbocycles. The van der Waals surface area contributed by atoms with Crippen LogP contribution in [0.25, 0.3) is 16.3 Å². The number of carbonyl (C=O) groups is 1. The minimum Gasteiger partial charge on any atom is -0.497 e. The van der Waals surface area contributed by atoms with Crippen LogP contribution >= 0.6 is 23.1 Å². The van der Waals surface area contributed by atoms with Gasteiger partial charge in [0.2, 0.25) is 5.78 Å². The number of nitrogens with one attached hydrogen (secondary N) is 1. The lowest BCUT2D eigenvalue weighted by Crippen LogP contribution is -2.13. The third-order valence-electron chi connectivity index (χ3n) is 5.50. The molecule has 0 saturated heterocycles. The Morgan fingerprint density at radius 1 is 0.882 bits per heavy atom. The number of ether oxygens (including phenoxy) is 2. The molecule has 5 rings (SSSR count). The molecule has 1 aliphatic rings. The summed E-state index contributed by atoms with van der Waals surface area (Å²) in [6.07, 6.45) is 0. The van der Waals surface area contributed by atoms with Crippen molar-refractivity contribution in [2.24, 2.45) is 0 Å². The van der Waals surface area contributed by atoms with E-state index in [0.717, 1.165) is 43.2 Å². The first kappa shape index (κ1) is 22.3. The number of thiazole rings is 1. The summed E-state index contributed by atoms with van der Waals surface area (Å²) in [6, 6.07) is 23.1. The molecule has 1 N–H and O–H groups in total. The summed E-state index contributed by atoms with van der Waals surface area (Å²) in [5.74, 6) is 1.48. The number of anilines is 1. The van der Waals surface area contributed by atoms with Crippen molar-refractivity contribution in [1.82, 2.24) is 4.98 Å². The highest BCUT2D eigenvalue weighted by Crippen LogP contribution is 2.46. The van der Waals surface area contributed by atoms with Gasteiger partial charge in [0.05, 0.1) is 41.1 Å². The van der Waals surface area contributed by atoms with Crippen molar-refractivity contribution >= 4 is 40.3 Å². The number of nitrogens with zero attached hydrogens (tertiary/aromatic N) is 1. The first-order valence-corrected chi connectivity index (χ1v) is 12.3. The molecule has 0 amide bonds. The van der Waals surface area contributed by atoms with Crippen LogP contribution in [0.15, 0.2) is 82.6 Å². The Labute approximate surface area is 206 Å². The van der Waals surface area contributed by atoms with E-state index < -0.39 is 0 Å². The topological polar surface area (TPSA) is 60.5 Å². The number of rotatable bonds is 6. The number of Topliss-reactive ketones (excluding diaryl/α,β-unsaturated/α-hetero) is 1. The number of methoxy groups -OCH3 is 2. The van der Waals surface area contributed by atoms with Crippen LogP contribution in [0.5, 0.6) is 11.5 Å². The lowest BCUT2D eigenvalue weighted by atomic mass is 10.1. The number of fused-ring (bicyclic) bond motifs is 1. The van der Waals surface area contributed by atoms with Crippen molar-refractivity contribution in [1.29, 1.82) is 0 Å². The lowest BCUT2D eigenvalue weighted by molar-refractivity contribution is 0.104. The molecule has 7 heteroatoms. The molecular weight excluding hydrogens is 464 g/mol. The number of benzene rings is 3. The number of hydrogen-bond acceptors (Lipinski definition) is 7.